The standard InChI is InChI=1S/C15H26N2OS/c1-7-15(6,17(8-2)9-3)13(18)10-14-16-11(4)12(5)19-14/h7-10H2,1-6H3. The summed E-state index contributed by atoms with van der Waals surface area (Å²) < 4.78 is 0. The minimum absolute atomic E-state index is 0.285. The van der Waals surface area contributed by atoms with Crippen LogP contribution in [0, 0.1) is 13.8 Å². The summed E-state index contributed by atoms with van der Waals surface area (Å²) in [6.45, 7) is 14.3. The molecule has 0 aliphatic rings. The summed E-state index contributed by atoms with van der Waals surface area (Å²) in [4.78, 5) is 20.6. The van der Waals surface area contributed by atoms with Gasteiger partial charge in [0.1, 0.15) is 5.01 Å². The van der Waals surface area contributed by atoms with Gasteiger partial charge in [0.05, 0.1) is 17.7 Å². The number of hydrogen-bond acceptors (Lipinski definition) is 4. The van der Waals surface area contributed by atoms with Gasteiger partial charge in [-0.25, -0.2) is 4.98 Å². The van der Waals surface area contributed by atoms with Gasteiger partial charge in [0.25, 0.3) is 0 Å². The van der Waals surface area contributed by atoms with E-state index in [0.717, 1.165) is 30.2 Å². The minimum Gasteiger partial charge on any atom is -0.297 e. The summed E-state index contributed by atoms with van der Waals surface area (Å²) >= 11 is 1.65. The molecule has 0 aliphatic heterocycles. The Morgan fingerprint density at radius 1 is 1.26 bits per heavy atom. The lowest BCUT2D eigenvalue weighted by Crippen LogP contribution is -2.52. The van der Waals surface area contributed by atoms with Crippen LogP contribution in [0.15, 0.2) is 0 Å². The molecule has 1 aromatic rings. The molecule has 0 amide bonds. The first-order chi connectivity index (χ1) is 8.88. The Hall–Kier alpha value is -0.740. The third-order valence-corrected chi connectivity index (χ3v) is 5.21. The fourth-order valence-electron chi connectivity index (χ4n) is 2.46. The van der Waals surface area contributed by atoms with Crippen LogP contribution in [0.3, 0.4) is 0 Å². The molecule has 1 atom stereocenters. The maximum absolute atomic E-state index is 12.7. The molecule has 1 unspecified atom stereocenters. The summed E-state index contributed by atoms with van der Waals surface area (Å²) in [6.07, 6.45) is 1.30. The van der Waals surface area contributed by atoms with Crippen molar-refractivity contribution in [3.8, 4) is 0 Å². The van der Waals surface area contributed by atoms with Gasteiger partial charge in [0.15, 0.2) is 5.78 Å². The number of aromatic nitrogens is 1. The Morgan fingerprint density at radius 3 is 2.21 bits per heavy atom. The van der Waals surface area contributed by atoms with Crippen molar-refractivity contribution in [1.82, 2.24) is 9.88 Å². The van der Waals surface area contributed by atoms with Gasteiger partial charge in [0.2, 0.25) is 0 Å². The number of nitrogens with zero attached hydrogens (tertiary/aromatic N) is 2. The molecule has 0 saturated heterocycles. The van der Waals surface area contributed by atoms with E-state index in [0.29, 0.717) is 6.42 Å². The van der Waals surface area contributed by atoms with Crippen LogP contribution < -0.4 is 0 Å². The number of hydrogen-bond donors (Lipinski definition) is 0. The van der Waals surface area contributed by atoms with Gasteiger partial charge >= 0.3 is 0 Å². The van der Waals surface area contributed by atoms with Crippen LogP contribution in [0.2, 0.25) is 0 Å². The average Bonchev–Trinajstić information content (AvgIpc) is 2.69. The van der Waals surface area contributed by atoms with Crippen molar-refractivity contribution in [2.24, 2.45) is 0 Å². The third kappa shape index (κ3) is 3.42. The fraction of sp³-hybridized carbons (Fsp3) is 0.733. The number of likely N-dealkylation sites (N-methyl/N-ethyl adjacent to an activating group) is 1. The van der Waals surface area contributed by atoms with Crippen molar-refractivity contribution in [2.45, 2.75) is 59.9 Å². The second kappa shape index (κ2) is 6.62. The van der Waals surface area contributed by atoms with Crippen molar-refractivity contribution in [1.29, 1.82) is 0 Å². The molecule has 0 spiro atoms. The number of rotatable bonds is 7. The molecule has 1 rings (SSSR count). The SMILES string of the molecule is CCN(CC)C(C)(CC)C(=O)Cc1nc(C)c(C)s1. The summed E-state index contributed by atoms with van der Waals surface area (Å²) in [7, 11) is 0. The summed E-state index contributed by atoms with van der Waals surface area (Å²) in [6, 6.07) is 0. The number of carbonyl (C=O) groups is 1. The molecule has 0 radical (unpaired) electrons. The first kappa shape index (κ1) is 16.3. The predicted molar refractivity (Wildman–Crippen MR) is 81.9 cm³/mol. The van der Waals surface area contributed by atoms with E-state index in [-0.39, 0.29) is 11.3 Å². The summed E-state index contributed by atoms with van der Waals surface area (Å²) in [5.74, 6) is 0.285. The molecule has 1 heterocycles. The number of thiazole rings is 1. The molecule has 0 bridgehead atoms. The molecule has 0 saturated carbocycles. The van der Waals surface area contributed by atoms with Crippen molar-refractivity contribution in [3.05, 3.63) is 15.6 Å². The van der Waals surface area contributed by atoms with Crippen LogP contribution in [-0.2, 0) is 11.2 Å². The molecule has 19 heavy (non-hydrogen) atoms. The smallest absolute Gasteiger partial charge is 0.159 e. The van der Waals surface area contributed by atoms with Crippen molar-refractivity contribution in [3.63, 3.8) is 0 Å². The van der Waals surface area contributed by atoms with E-state index >= 15 is 0 Å². The Morgan fingerprint density at radius 2 is 1.84 bits per heavy atom. The Bertz CT molecular complexity index is 418. The predicted octanol–water partition coefficient (Wildman–Crippen LogP) is 3.38. The molecular weight excluding hydrogens is 256 g/mol. The van der Waals surface area contributed by atoms with Gasteiger partial charge in [-0.2, -0.15) is 0 Å². The van der Waals surface area contributed by atoms with Gasteiger partial charge in [-0.15, -0.1) is 11.3 Å². The highest BCUT2D eigenvalue weighted by atomic mass is 32.1. The Balaban J connectivity index is 2.90. The highest BCUT2D eigenvalue weighted by molar-refractivity contribution is 7.11. The summed E-state index contributed by atoms with van der Waals surface area (Å²) in [5.41, 5.74) is 0.686. The zero-order chi connectivity index (χ0) is 14.6. The average molecular weight is 282 g/mol. The second-order valence-electron chi connectivity index (χ2n) is 5.15. The maximum Gasteiger partial charge on any atom is 0.159 e. The quantitative estimate of drug-likeness (QED) is 0.768. The highest BCUT2D eigenvalue weighted by Crippen LogP contribution is 2.24. The van der Waals surface area contributed by atoms with Gasteiger partial charge < -0.3 is 0 Å². The molecule has 4 heteroatoms. The lowest BCUT2D eigenvalue weighted by molar-refractivity contribution is -0.129. The number of ketones is 1. The van der Waals surface area contributed by atoms with Gasteiger partial charge in [0, 0.05) is 4.88 Å². The topological polar surface area (TPSA) is 33.2 Å². The summed E-state index contributed by atoms with van der Waals surface area (Å²) in [5, 5.41) is 0.951. The molecule has 1 aromatic heterocycles. The lowest BCUT2D eigenvalue weighted by Gasteiger charge is -2.38. The largest absolute Gasteiger partial charge is 0.297 e. The number of Topliss-reactive ketones (excluding diaryl/α,β-unsaturated/α-hetero) is 1. The normalized spacial score (nSPS) is 14.7. The zero-order valence-electron chi connectivity index (χ0n) is 13.0. The van der Waals surface area contributed by atoms with E-state index in [2.05, 4.69) is 44.5 Å². The van der Waals surface area contributed by atoms with Crippen molar-refractivity contribution in [2.75, 3.05) is 13.1 Å². The molecule has 0 fully saturated rings. The Labute approximate surface area is 121 Å². The van der Waals surface area contributed by atoms with Crippen molar-refractivity contribution >= 4 is 17.1 Å². The van der Waals surface area contributed by atoms with Gasteiger partial charge in [-0.1, -0.05) is 20.8 Å². The van der Waals surface area contributed by atoms with Crippen LogP contribution in [0.5, 0.6) is 0 Å². The van der Waals surface area contributed by atoms with Crippen molar-refractivity contribution < 1.29 is 4.79 Å². The third-order valence-electron chi connectivity index (χ3n) is 4.14. The maximum atomic E-state index is 12.7. The van der Waals surface area contributed by atoms with Crippen LogP contribution >= 0.6 is 11.3 Å². The van der Waals surface area contributed by atoms with Gasteiger partial charge in [-0.05, 0) is 40.3 Å². The van der Waals surface area contributed by atoms with E-state index in [9.17, 15) is 4.79 Å². The van der Waals surface area contributed by atoms with E-state index in [1.807, 2.05) is 6.92 Å². The first-order valence-corrected chi connectivity index (χ1v) is 7.91. The molecule has 3 nitrogen and oxygen atoms in total. The monoisotopic (exact) mass is 282 g/mol. The number of carbonyl (C=O) groups excluding carboxylic acids is 1. The Kier molecular flexibility index (Phi) is 5.68. The van der Waals surface area contributed by atoms with Gasteiger partial charge in [-0.3, -0.25) is 9.69 Å². The molecular formula is C15H26N2OS. The van der Waals surface area contributed by atoms with E-state index < -0.39 is 0 Å². The molecule has 0 aliphatic carbocycles. The second-order valence-corrected chi connectivity index (χ2v) is 6.44. The van der Waals surface area contributed by atoms with Crippen LogP contribution in [0.1, 0.15) is 49.7 Å². The number of aryl methyl sites for hydroxylation is 2. The van der Waals surface area contributed by atoms with E-state index in [4.69, 9.17) is 0 Å². The lowest BCUT2D eigenvalue weighted by atomic mass is 9.89. The van der Waals surface area contributed by atoms with E-state index in [1.54, 1.807) is 11.3 Å². The minimum atomic E-state index is -0.364. The zero-order valence-corrected chi connectivity index (χ0v) is 13.9. The first-order valence-electron chi connectivity index (χ1n) is 7.10. The van der Waals surface area contributed by atoms with Crippen LogP contribution in [0.4, 0.5) is 0 Å². The molecule has 0 N–H and O–H groups in total. The molecule has 0 aromatic carbocycles. The highest BCUT2D eigenvalue weighted by Gasteiger charge is 2.36. The van der Waals surface area contributed by atoms with Crippen LogP contribution in [0.25, 0.3) is 0 Å². The molecule has 108 valence electrons. The van der Waals surface area contributed by atoms with Crippen LogP contribution in [-0.4, -0.2) is 34.3 Å². The van der Waals surface area contributed by atoms with E-state index in [1.165, 1.54) is 4.88 Å². The fourth-order valence-corrected chi connectivity index (χ4v) is 3.39.